The first-order chi connectivity index (χ1) is 8.56. The summed E-state index contributed by atoms with van der Waals surface area (Å²) in [5, 5.41) is 14.4. The van der Waals surface area contributed by atoms with E-state index in [9.17, 15) is 10.1 Å². The molecule has 0 spiro atoms. The zero-order chi connectivity index (χ0) is 13.1. The van der Waals surface area contributed by atoms with Crippen LogP contribution >= 0.6 is 23.2 Å². The van der Waals surface area contributed by atoms with Gasteiger partial charge in [-0.2, -0.15) is 0 Å². The highest BCUT2D eigenvalue weighted by atomic mass is 35.5. The molecule has 0 aliphatic carbocycles. The minimum Gasteiger partial charge on any atom is -0.339 e. The van der Waals surface area contributed by atoms with E-state index < -0.39 is 4.92 Å². The van der Waals surface area contributed by atoms with Crippen molar-refractivity contribution in [1.29, 1.82) is 0 Å². The number of nitrogens with one attached hydrogen (secondary N) is 1. The molecule has 0 aliphatic rings. The number of hydrogen-bond donors (Lipinski definition) is 1. The quantitative estimate of drug-likeness (QED) is 0.682. The Morgan fingerprint density at radius 3 is 2.56 bits per heavy atom. The summed E-state index contributed by atoms with van der Waals surface area (Å²) in [6.45, 7) is 0. The molecule has 0 amide bonds. The predicted molar refractivity (Wildman–Crippen MR) is 70.6 cm³/mol. The molecule has 0 atom stereocenters. The van der Waals surface area contributed by atoms with Gasteiger partial charge in [0.2, 0.25) is 0 Å². The van der Waals surface area contributed by atoms with E-state index in [-0.39, 0.29) is 5.69 Å². The lowest BCUT2D eigenvalue weighted by atomic mass is 10.3. The molecule has 92 valence electrons. The molecule has 0 fully saturated rings. The van der Waals surface area contributed by atoms with Crippen LogP contribution in [0.3, 0.4) is 0 Å². The fraction of sp³-hybridized carbons (Fsp3) is 0. The summed E-state index contributed by atoms with van der Waals surface area (Å²) in [6.07, 6.45) is 1.17. The maximum atomic E-state index is 10.5. The van der Waals surface area contributed by atoms with Gasteiger partial charge in [0.15, 0.2) is 0 Å². The average Bonchev–Trinajstić information content (AvgIpc) is 2.33. The maximum absolute atomic E-state index is 10.5. The zero-order valence-electron chi connectivity index (χ0n) is 8.93. The molecule has 18 heavy (non-hydrogen) atoms. The topological polar surface area (TPSA) is 68.1 Å². The lowest BCUT2D eigenvalue weighted by Crippen LogP contribution is -1.95. The minimum absolute atomic E-state index is 0.0669. The number of rotatable bonds is 3. The van der Waals surface area contributed by atoms with Crippen LogP contribution in [0, 0.1) is 10.1 Å². The fourth-order valence-corrected chi connectivity index (χ4v) is 1.75. The average molecular weight is 284 g/mol. The summed E-state index contributed by atoms with van der Waals surface area (Å²) >= 11 is 11.8. The van der Waals surface area contributed by atoms with Gasteiger partial charge in [0, 0.05) is 11.1 Å². The number of pyridine rings is 1. The van der Waals surface area contributed by atoms with Crippen LogP contribution in [-0.2, 0) is 0 Å². The van der Waals surface area contributed by atoms with Crippen molar-refractivity contribution in [3.8, 4) is 0 Å². The number of benzene rings is 1. The number of nitro groups is 1. The summed E-state index contributed by atoms with van der Waals surface area (Å²) in [6, 6.07) is 7.84. The summed E-state index contributed by atoms with van der Waals surface area (Å²) in [5.41, 5.74) is 0.560. The Labute approximate surface area is 113 Å². The number of halogens is 2. The first-order valence-corrected chi connectivity index (χ1v) is 5.64. The largest absolute Gasteiger partial charge is 0.339 e. The van der Waals surface area contributed by atoms with Gasteiger partial charge in [-0.3, -0.25) is 10.1 Å². The monoisotopic (exact) mass is 283 g/mol. The molecule has 1 aromatic carbocycles. The zero-order valence-corrected chi connectivity index (χ0v) is 10.4. The van der Waals surface area contributed by atoms with Gasteiger partial charge in [-0.15, -0.1) is 0 Å². The molecule has 0 radical (unpaired) electrons. The third-order valence-corrected chi connectivity index (χ3v) is 2.70. The van der Waals surface area contributed by atoms with Crippen LogP contribution in [0.25, 0.3) is 0 Å². The molecule has 0 saturated heterocycles. The Hall–Kier alpha value is -1.85. The Balaban J connectivity index is 2.21. The van der Waals surface area contributed by atoms with Crippen molar-refractivity contribution in [1.82, 2.24) is 4.98 Å². The SMILES string of the molecule is O=[N+]([O-])c1ccc(Nc2ccc(Cl)cc2Cl)nc1. The number of nitrogens with zero attached hydrogens (tertiary/aromatic N) is 2. The molecule has 5 nitrogen and oxygen atoms in total. The Bertz CT molecular complexity index is 587. The molecule has 2 rings (SSSR count). The second kappa shape index (κ2) is 5.20. The molecule has 1 aromatic heterocycles. The first-order valence-electron chi connectivity index (χ1n) is 4.89. The van der Waals surface area contributed by atoms with Gasteiger partial charge in [0.05, 0.1) is 15.6 Å². The summed E-state index contributed by atoms with van der Waals surface area (Å²) in [5.74, 6) is 0.463. The molecule has 0 aliphatic heterocycles. The van der Waals surface area contributed by atoms with Crippen LogP contribution in [-0.4, -0.2) is 9.91 Å². The van der Waals surface area contributed by atoms with Crippen molar-refractivity contribution in [3.63, 3.8) is 0 Å². The van der Waals surface area contributed by atoms with E-state index in [2.05, 4.69) is 10.3 Å². The molecule has 0 bridgehead atoms. The maximum Gasteiger partial charge on any atom is 0.287 e. The number of anilines is 2. The second-order valence-electron chi connectivity index (χ2n) is 3.41. The van der Waals surface area contributed by atoms with E-state index in [0.29, 0.717) is 21.6 Å². The standard InChI is InChI=1S/C11H7Cl2N3O2/c12-7-1-3-10(9(13)5-7)15-11-4-2-8(6-14-11)16(17)18/h1-6H,(H,14,15). The molecule has 7 heteroatoms. The minimum atomic E-state index is -0.508. The third kappa shape index (κ3) is 2.88. The third-order valence-electron chi connectivity index (χ3n) is 2.15. The lowest BCUT2D eigenvalue weighted by Gasteiger charge is -2.07. The molecular formula is C11H7Cl2N3O2. The van der Waals surface area contributed by atoms with Crippen LogP contribution in [0.5, 0.6) is 0 Å². The molecule has 0 unspecified atom stereocenters. The molecule has 0 saturated carbocycles. The van der Waals surface area contributed by atoms with Crippen molar-refractivity contribution in [2.75, 3.05) is 5.32 Å². The molecule has 2 aromatic rings. The Kier molecular flexibility index (Phi) is 3.64. The van der Waals surface area contributed by atoms with Gasteiger partial charge in [0.1, 0.15) is 12.0 Å². The number of hydrogen-bond acceptors (Lipinski definition) is 4. The first kappa shape index (κ1) is 12.6. The smallest absolute Gasteiger partial charge is 0.287 e. The van der Waals surface area contributed by atoms with E-state index in [0.717, 1.165) is 0 Å². The van der Waals surface area contributed by atoms with Gasteiger partial charge >= 0.3 is 0 Å². The highest BCUT2D eigenvalue weighted by Crippen LogP contribution is 2.27. The van der Waals surface area contributed by atoms with Crippen molar-refractivity contribution >= 4 is 40.4 Å². The van der Waals surface area contributed by atoms with Gasteiger partial charge < -0.3 is 5.32 Å². The summed E-state index contributed by atoms with van der Waals surface area (Å²) in [7, 11) is 0. The van der Waals surface area contributed by atoms with Gasteiger partial charge in [-0.1, -0.05) is 23.2 Å². The normalized spacial score (nSPS) is 10.1. The van der Waals surface area contributed by atoms with Crippen molar-refractivity contribution in [3.05, 3.63) is 56.7 Å². The predicted octanol–water partition coefficient (Wildman–Crippen LogP) is 4.04. The fourth-order valence-electron chi connectivity index (χ4n) is 1.30. The summed E-state index contributed by atoms with van der Waals surface area (Å²) in [4.78, 5) is 13.9. The van der Waals surface area contributed by atoms with E-state index in [1.165, 1.54) is 18.3 Å². The second-order valence-corrected chi connectivity index (χ2v) is 4.25. The van der Waals surface area contributed by atoms with Crippen LogP contribution < -0.4 is 5.32 Å². The van der Waals surface area contributed by atoms with Gasteiger partial charge in [0.25, 0.3) is 5.69 Å². The van der Waals surface area contributed by atoms with Crippen molar-refractivity contribution in [2.45, 2.75) is 0 Å². The molecule has 1 heterocycles. The van der Waals surface area contributed by atoms with Gasteiger partial charge in [-0.25, -0.2) is 4.98 Å². The highest BCUT2D eigenvalue weighted by molar-refractivity contribution is 6.36. The van der Waals surface area contributed by atoms with E-state index in [1.807, 2.05) is 0 Å². The Morgan fingerprint density at radius 1 is 1.22 bits per heavy atom. The van der Waals surface area contributed by atoms with Crippen LogP contribution in [0.2, 0.25) is 10.0 Å². The Morgan fingerprint density at radius 2 is 2.00 bits per heavy atom. The van der Waals surface area contributed by atoms with Crippen LogP contribution in [0.1, 0.15) is 0 Å². The molecule has 1 N–H and O–H groups in total. The van der Waals surface area contributed by atoms with Crippen LogP contribution in [0.4, 0.5) is 17.2 Å². The highest BCUT2D eigenvalue weighted by Gasteiger charge is 2.06. The lowest BCUT2D eigenvalue weighted by molar-refractivity contribution is -0.385. The van der Waals surface area contributed by atoms with E-state index >= 15 is 0 Å². The van der Waals surface area contributed by atoms with Gasteiger partial charge in [-0.05, 0) is 24.3 Å². The van der Waals surface area contributed by atoms with E-state index in [4.69, 9.17) is 23.2 Å². The summed E-state index contributed by atoms with van der Waals surface area (Å²) < 4.78 is 0. The van der Waals surface area contributed by atoms with Crippen molar-refractivity contribution in [2.24, 2.45) is 0 Å². The van der Waals surface area contributed by atoms with E-state index in [1.54, 1.807) is 18.2 Å². The van der Waals surface area contributed by atoms with Crippen molar-refractivity contribution < 1.29 is 4.92 Å². The van der Waals surface area contributed by atoms with Crippen LogP contribution in [0.15, 0.2) is 36.5 Å². The number of aromatic nitrogens is 1. The molecular weight excluding hydrogens is 277 g/mol.